The molecule has 10 nitrogen and oxygen atoms in total. The SMILES string of the molecule is [2H]C([2H])([2H])N1CCC2(CN(c3ncc4c5c(c(-c6ncc(F)c7sc(NC(=O)OC(C)(C)C)c(C#N)c67)c(F)c4n3)COC5)C2)C1. The van der Waals surface area contributed by atoms with Crippen LogP contribution in [-0.2, 0) is 22.7 Å². The molecule has 3 aliphatic heterocycles. The van der Waals surface area contributed by atoms with Gasteiger partial charge in [0.1, 0.15) is 22.2 Å². The Bertz CT molecular complexity index is 1980. The van der Waals surface area contributed by atoms with Gasteiger partial charge in [0.2, 0.25) is 5.95 Å². The number of nitrogens with zero attached hydrogens (tertiary/aromatic N) is 6. The summed E-state index contributed by atoms with van der Waals surface area (Å²) in [5, 5.41) is 13.3. The van der Waals surface area contributed by atoms with E-state index < -0.39 is 30.3 Å². The first-order valence-corrected chi connectivity index (χ1v) is 14.6. The third-order valence-corrected chi connectivity index (χ3v) is 9.21. The molecule has 2 fully saturated rings. The van der Waals surface area contributed by atoms with E-state index in [0.717, 1.165) is 24.0 Å². The number of amides is 1. The lowest BCUT2D eigenvalue weighted by Gasteiger charge is -2.48. The number of rotatable bonds is 3. The third kappa shape index (κ3) is 4.56. The Labute approximate surface area is 254 Å². The van der Waals surface area contributed by atoms with Crippen LogP contribution >= 0.6 is 11.3 Å². The number of anilines is 2. The van der Waals surface area contributed by atoms with Crippen molar-refractivity contribution in [1.82, 2.24) is 19.9 Å². The maximum atomic E-state index is 16.8. The number of hydrogen-bond acceptors (Lipinski definition) is 10. The van der Waals surface area contributed by atoms with Crippen LogP contribution in [0.5, 0.6) is 0 Å². The lowest BCUT2D eigenvalue weighted by molar-refractivity contribution is 0.0636. The second-order valence-corrected chi connectivity index (χ2v) is 13.3. The van der Waals surface area contributed by atoms with Gasteiger partial charge < -0.3 is 19.3 Å². The molecule has 2 saturated heterocycles. The molecule has 0 saturated carbocycles. The highest BCUT2D eigenvalue weighted by atomic mass is 32.1. The number of benzene rings is 1. The summed E-state index contributed by atoms with van der Waals surface area (Å²) >= 11 is 0.835. The molecule has 0 bridgehead atoms. The van der Waals surface area contributed by atoms with Crippen LogP contribution in [0.25, 0.3) is 32.2 Å². The fourth-order valence-corrected chi connectivity index (χ4v) is 7.29. The van der Waals surface area contributed by atoms with Crippen LogP contribution in [0, 0.1) is 28.4 Å². The van der Waals surface area contributed by atoms with Gasteiger partial charge in [-0.15, -0.1) is 11.3 Å². The molecular formula is C30H29F2N7O3S. The number of ether oxygens (including phenoxy) is 2. The van der Waals surface area contributed by atoms with E-state index in [0.29, 0.717) is 48.6 Å². The molecule has 3 aliphatic rings. The summed E-state index contributed by atoms with van der Waals surface area (Å²) in [6, 6.07) is 2.03. The van der Waals surface area contributed by atoms with Crippen molar-refractivity contribution >= 4 is 49.4 Å². The lowest BCUT2D eigenvalue weighted by Crippen LogP contribution is -2.58. The van der Waals surface area contributed by atoms with Crippen molar-refractivity contribution in [2.75, 3.05) is 43.4 Å². The van der Waals surface area contributed by atoms with Gasteiger partial charge in [0.15, 0.2) is 11.6 Å². The molecule has 3 aromatic heterocycles. The fraction of sp³-hybridized carbons (Fsp3) is 0.433. The van der Waals surface area contributed by atoms with E-state index in [2.05, 4.69) is 20.3 Å². The topological polar surface area (TPSA) is 116 Å². The largest absolute Gasteiger partial charge is 0.444 e. The van der Waals surface area contributed by atoms with Crippen molar-refractivity contribution in [3.8, 4) is 17.3 Å². The first kappa shape index (κ1) is 24.5. The number of aromatic nitrogens is 3. The van der Waals surface area contributed by atoms with Gasteiger partial charge in [-0.05, 0) is 51.8 Å². The maximum Gasteiger partial charge on any atom is 0.412 e. The van der Waals surface area contributed by atoms with Gasteiger partial charge in [-0.1, -0.05) is 0 Å². The Hall–Kier alpha value is -3.99. The standard InChI is InChI=1S/C30H29F2N7O3S/c1-29(2,3)42-28(40)37-26-15(7-33)21-24(34-9-19(31)25(21)43-26)20-18-11-41-10-17(18)16-8-35-27(36-23(16)22(20)32)39-13-30(14-39)5-6-38(4)12-30/h8-9H,5-6,10-14H2,1-4H3,(H,37,40)/i4D3. The van der Waals surface area contributed by atoms with Crippen LogP contribution in [0.15, 0.2) is 12.4 Å². The zero-order chi connectivity index (χ0) is 32.8. The molecule has 13 heteroatoms. The zero-order valence-corrected chi connectivity index (χ0v) is 24.5. The first-order valence-electron chi connectivity index (χ1n) is 15.3. The van der Waals surface area contributed by atoms with Crippen molar-refractivity contribution in [2.24, 2.45) is 5.41 Å². The van der Waals surface area contributed by atoms with Gasteiger partial charge in [-0.2, -0.15) is 5.26 Å². The van der Waals surface area contributed by atoms with Gasteiger partial charge in [0, 0.05) is 51.7 Å². The van der Waals surface area contributed by atoms with E-state index in [1.165, 1.54) is 4.90 Å². The number of fused-ring (bicyclic) bond motifs is 4. The van der Waals surface area contributed by atoms with E-state index in [-0.39, 0.29) is 56.1 Å². The minimum Gasteiger partial charge on any atom is -0.444 e. The van der Waals surface area contributed by atoms with E-state index >= 15 is 8.78 Å². The Morgan fingerprint density at radius 3 is 2.74 bits per heavy atom. The number of thiophene rings is 1. The molecule has 0 unspecified atom stereocenters. The van der Waals surface area contributed by atoms with E-state index in [9.17, 15) is 10.1 Å². The van der Waals surface area contributed by atoms with Crippen LogP contribution in [0.4, 0.5) is 24.5 Å². The molecule has 7 rings (SSSR count). The first-order chi connectivity index (χ1) is 21.7. The smallest absolute Gasteiger partial charge is 0.412 e. The average molecular weight is 609 g/mol. The maximum absolute atomic E-state index is 16.8. The second-order valence-electron chi connectivity index (χ2n) is 12.3. The van der Waals surface area contributed by atoms with Crippen molar-refractivity contribution in [2.45, 2.75) is 46.0 Å². The van der Waals surface area contributed by atoms with Crippen molar-refractivity contribution in [1.29, 1.82) is 5.26 Å². The number of nitriles is 1. The summed E-state index contributed by atoms with van der Waals surface area (Å²) in [5.74, 6) is -1.14. The Balaban J connectivity index is 1.31. The number of hydrogen-bond donors (Lipinski definition) is 1. The highest BCUT2D eigenvalue weighted by Crippen LogP contribution is 2.46. The summed E-state index contributed by atoms with van der Waals surface area (Å²) in [4.78, 5) is 29.4. The molecule has 0 aliphatic carbocycles. The molecule has 0 atom stereocenters. The van der Waals surface area contributed by atoms with Gasteiger partial charge >= 0.3 is 6.09 Å². The predicted octanol–water partition coefficient (Wildman–Crippen LogP) is 5.58. The number of pyridine rings is 1. The zero-order valence-electron chi connectivity index (χ0n) is 26.7. The molecule has 1 N–H and O–H groups in total. The number of halogens is 2. The van der Waals surface area contributed by atoms with Crippen LogP contribution in [0.3, 0.4) is 0 Å². The number of carbonyl (C=O) groups excluding carboxylic acids is 1. The quantitative estimate of drug-likeness (QED) is 0.318. The molecule has 1 aromatic carbocycles. The Kier molecular flexibility index (Phi) is 5.55. The highest BCUT2D eigenvalue weighted by molar-refractivity contribution is 7.23. The molecule has 4 aromatic rings. The molecule has 43 heavy (non-hydrogen) atoms. The third-order valence-electron chi connectivity index (χ3n) is 8.09. The van der Waals surface area contributed by atoms with Crippen LogP contribution in [0.1, 0.15) is 48.0 Å². The monoisotopic (exact) mass is 608 g/mol. The van der Waals surface area contributed by atoms with Crippen LogP contribution in [0.2, 0.25) is 0 Å². The molecule has 0 radical (unpaired) electrons. The summed E-state index contributed by atoms with van der Waals surface area (Å²) in [6.07, 6.45) is 2.44. The van der Waals surface area contributed by atoms with Crippen molar-refractivity contribution < 1.29 is 27.2 Å². The van der Waals surface area contributed by atoms with Gasteiger partial charge in [-0.3, -0.25) is 10.3 Å². The summed E-state index contributed by atoms with van der Waals surface area (Å²) in [6.45, 7) is 5.15. The Morgan fingerprint density at radius 1 is 1.23 bits per heavy atom. The van der Waals surface area contributed by atoms with E-state index in [1.54, 1.807) is 27.0 Å². The van der Waals surface area contributed by atoms with Gasteiger partial charge in [0.25, 0.3) is 0 Å². The number of nitrogens with one attached hydrogen (secondary N) is 1. The molecule has 6 heterocycles. The predicted molar refractivity (Wildman–Crippen MR) is 158 cm³/mol. The van der Waals surface area contributed by atoms with Gasteiger partial charge in [0.05, 0.1) is 35.4 Å². The summed E-state index contributed by atoms with van der Waals surface area (Å²) in [5.41, 5.74) is 0.187. The van der Waals surface area contributed by atoms with Crippen LogP contribution in [-0.4, -0.2) is 64.7 Å². The highest BCUT2D eigenvalue weighted by Gasteiger charge is 2.47. The molecule has 1 spiro atoms. The summed E-state index contributed by atoms with van der Waals surface area (Å²) in [7, 11) is 0. The fourth-order valence-electron chi connectivity index (χ4n) is 6.25. The minimum absolute atomic E-state index is 0.0247. The number of carbonyl (C=O) groups is 1. The van der Waals surface area contributed by atoms with E-state index in [4.69, 9.17) is 13.6 Å². The van der Waals surface area contributed by atoms with Gasteiger partial charge in [-0.25, -0.2) is 23.5 Å². The van der Waals surface area contributed by atoms with Crippen molar-refractivity contribution in [3.63, 3.8) is 0 Å². The van der Waals surface area contributed by atoms with Crippen LogP contribution < -0.4 is 10.2 Å². The summed E-state index contributed by atoms with van der Waals surface area (Å²) < 4.78 is 66.2. The second kappa shape index (κ2) is 9.77. The molecule has 222 valence electrons. The molecular weight excluding hydrogens is 576 g/mol. The lowest BCUT2D eigenvalue weighted by atomic mass is 9.79. The van der Waals surface area contributed by atoms with Crippen molar-refractivity contribution in [3.05, 3.63) is 40.7 Å². The molecule has 1 amide bonds. The Morgan fingerprint density at radius 2 is 2.02 bits per heavy atom. The number of likely N-dealkylation sites (tertiary alicyclic amines) is 1. The average Bonchev–Trinajstić information content (AvgIpc) is 3.69. The van der Waals surface area contributed by atoms with E-state index in [1.807, 2.05) is 11.0 Å². The normalized spacial score (nSPS) is 19.2. The minimum atomic E-state index is -2.15.